The van der Waals surface area contributed by atoms with Crippen LogP contribution in [-0.4, -0.2) is 56.7 Å². The van der Waals surface area contributed by atoms with Crippen molar-refractivity contribution in [3.05, 3.63) is 22.4 Å². The fraction of sp³-hybridized carbons (Fsp3) is 0.647. The predicted molar refractivity (Wildman–Crippen MR) is 98.4 cm³/mol. The van der Waals surface area contributed by atoms with E-state index in [0.717, 1.165) is 26.0 Å². The van der Waals surface area contributed by atoms with Crippen LogP contribution in [-0.2, 0) is 16.1 Å². The van der Waals surface area contributed by atoms with E-state index in [-0.39, 0.29) is 12.5 Å². The zero-order chi connectivity index (χ0) is 17.2. The summed E-state index contributed by atoms with van der Waals surface area (Å²) in [7, 11) is 3.48. The molecule has 1 aromatic rings. The van der Waals surface area contributed by atoms with E-state index in [9.17, 15) is 4.79 Å². The molecule has 2 rings (SSSR count). The number of carbonyl (C=O) groups is 1. The number of aliphatic imine (C=N–C) groups is 1. The molecule has 0 aromatic carbocycles. The van der Waals surface area contributed by atoms with Gasteiger partial charge in [0.15, 0.2) is 5.96 Å². The molecule has 0 saturated carbocycles. The quantitative estimate of drug-likeness (QED) is 0.580. The molecule has 0 bridgehead atoms. The van der Waals surface area contributed by atoms with E-state index in [1.54, 1.807) is 30.3 Å². The van der Waals surface area contributed by atoms with Gasteiger partial charge in [-0.1, -0.05) is 6.07 Å². The second kappa shape index (κ2) is 10.3. The van der Waals surface area contributed by atoms with Crippen LogP contribution in [0.3, 0.4) is 0 Å². The predicted octanol–water partition coefficient (Wildman–Crippen LogP) is 1.83. The zero-order valence-corrected chi connectivity index (χ0v) is 15.4. The van der Waals surface area contributed by atoms with Crippen LogP contribution in [0, 0.1) is 0 Å². The number of rotatable bonds is 7. The third-order valence-electron chi connectivity index (χ3n) is 3.91. The number of thiophene rings is 1. The monoisotopic (exact) mass is 352 g/mol. The van der Waals surface area contributed by atoms with Gasteiger partial charge in [0.25, 0.3) is 0 Å². The molecule has 1 aliphatic heterocycles. The summed E-state index contributed by atoms with van der Waals surface area (Å²) >= 11 is 1.70. The molecule has 1 aliphatic rings. The molecule has 1 fully saturated rings. The molecule has 1 saturated heterocycles. The third kappa shape index (κ3) is 6.88. The Morgan fingerprint density at radius 1 is 1.42 bits per heavy atom. The second-order valence-corrected chi connectivity index (χ2v) is 7.12. The molecule has 1 unspecified atom stereocenters. The molecule has 6 nitrogen and oxygen atoms in total. The van der Waals surface area contributed by atoms with Crippen molar-refractivity contribution < 1.29 is 9.53 Å². The minimum atomic E-state index is -0.0113. The summed E-state index contributed by atoms with van der Waals surface area (Å²) in [5.41, 5.74) is 0. The number of ether oxygens (including phenoxy) is 1. The Bertz CT molecular complexity index is 511. The molecule has 1 aromatic heterocycles. The summed E-state index contributed by atoms with van der Waals surface area (Å²) in [6, 6.07) is 4.11. The molecular weight excluding hydrogens is 324 g/mol. The number of likely N-dealkylation sites (N-methyl/N-ethyl adjacent to an activating group) is 1. The topological polar surface area (TPSA) is 66.0 Å². The first-order chi connectivity index (χ1) is 11.6. The SMILES string of the molecule is CN(C)C(=O)CN=C(NCCC1CCCCO1)NCc1cccs1. The fourth-order valence-electron chi connectivity index (χ4n) is 2.43. The van der Waals surface area contributed by atoms with Crippen molar-refractivity contribution >= 4 is 23.2 Å². The van der Waals surface area contributed by atoms with Gasteiger partial charge in [-0.05, 0) is 37.1 Å². The highest BCUT2D eigenvalue weighted by molar-refractivity contribution is 7.09. The molecule has 7 heteroatoms. The first-order valence-corrected chi connectivity index (χ1v) is 9.39. The average molecular weight is 353 g/mol. The Balaban J connectivity index is 1.81. The summed E-state index contributed by atoms with van der Waals surface area (Å²) in [6.07, 6.45) is 4.86. The van der Waals surface area contributed by atoms with Crippen molar-refractivity contribution in [2.75, 3.05) is 33.8 Å². The van der Waals surface area contributed by atoms with Gasteiger partial charge in [0, 0.05) is 32.1 Å². The maximum absolute atomic E-state index is 11.7. The molecule has 2 N–H and O–H groups in total. The maximum atomic E-state index is 11.7. The Morgan fingerprint density at radius 2 is 2.29 bits per heavy atom. The van der Waals surface area contributed by atoms with Crippen molar-refractivity contribution in [1.29, 1.82) is 0 Å². The smallest absolute Gasteiger partial charge is 0.243 e. The highest BCUT2D eigenvalue weighted by Gasteiger charge is 2.13. The van der Waals surface area contributed by atoms with E-state index in [1.165, 1.54) is 17.7 Å². The van der Waals surface area contributed by atoms with Gasteiger partial charge >= 0.3 is 0 Å². The van der Waals surface area contributed by atoms with Crippen LogP contribution in [0.2, 0.25) is 0 Å². The number of carbonyl (C=O) groups excluding carboxylic acids is 1. The highest BCUT2D eigenvalue weighted by Crippen LogP contribution is 2.14. The normalized spacial score (nSPS) is 18.2. The first-order valence-electron chi connectivity index (χ1n) is 8.51. The van der Waals surface area contributed by atoms with Gasteiger partial charge in [-0.3, -0.25) is 4.79 Å². The summed E-state index contributed by atoms with van der Waals surface area (Å²) in [6.45, 7) is 2.52. The molecular formula is C17H28N4O2S. The number of nitrogens with one attached hydrogen (secondary N) is 2. The number of nitrogens with zero attached hydrogens (tertiary/aromatic N) is 2. The van der Waals surface area contributed by atoms with E-state index >= 15 is 0 Å². The Morgan fingerprint density at radius 3 is 2.96 bits per heavy atom. The second-order valence-electron chi connectivity index (χ2n) is 6.09. The van der Waals surface area contributed by atoms with Crippen LogP contribution < -0.4 is 10.6 Å². The standard InChI is InChI=1S/C17H28N4O2S/c1-21(2)16(22)13-20-17(19-12-15-7-5-11-24-15)18-9-8-14-6-3-4-10-23-14/h5,7,11,14H,3-4,6,8-10,12-13H2,1-2H3,(H2,18,19,20). The van der Waals surface area contributed by atoms with Gasteiger partial charge in [0.2, 0.25) is 5.91 Å². The van der Waals surface area contributed by atoms with Crippen LogP contribution in [0.15, 0.2) is 22.5 Å². The maximum Gasteiger partial charge on any atom is 0.243 e. The molecule has 24 heavy (non-hydrogen) atoms. The van der Waals surface area contributed by atoms with Crippen molar-refractivity contribution in [1.82, 2.24) is 15.5 Å². The van der Waals surface area contributed by atoms with Crippen molar-refractivity contribution in [2.24, 2.45) is 4.99 Å². The fourth-order valence-corrected chi connectivity index (χ4v) is 3.08. The van der Waals surface area contributed by atoms with Crippen molar-refractivity contribution in [2.45, 2.75) is 38.3 Å². The zero-order valence-electron chi connectivity index (χ0n) is 14.6. The average Bonchev–Trinajstić information content (AvgIpc) is 3.10. The Kier molecular flexibility index (Phi) is 8.04. The van der Waals surface area contributed by atoms with Gasteiger partial charge < -0.3 is 20.3 Å². The molecule has 2 heterocycles. The van der Waals surface area contributed by atoms with Crippen LogP contribution in [0.5, 0.6) is 0 Å². The number of hydrogen-bond donors (Lipinski definition) is 2. The molecule has 1 amide bonds. The summed E-state index contributed by atoms with van der Waals surface area (Å²) < 4.78 is 5.75. The van der Waals surface area contributed by atoms with Crippen LogP contribution in [0.4, 0.5) is 0 Å². The van der Waals surface area contributed by atoms with Crippen molar-refractivity contribution in [3.63, 3.8) is 0 Å². The first kappa shape index (κ1) is 18.7. The van der Waals surface area contributed by atoms with E-state index < -0.39 is 0 Å². The van der Waals surface area contributed by atoms with Crippen molar-refractivity contribution in [3.8, 4) is 0 Å². The number of guanidine groups is 1. The van der Waals surface area contributed by atoms with E-state index in [0.29, 0.717) is 18.6 Å². The largest absolute Gasteiger partial charge is 0.378 e. The molecule has 1 atom stereocenters. The van der Waals surface area contributed by atoms with E-state index in [4.69, 9.17) is 4.74 Å². The molecule has 0 radical (unpaired) electrons. The van der Waals surface area contributed by atoms with Gasteiger partial charge in [0.05, 0.1) is 12.6 Å². The Labute approximate surface area is 148 Å². The van der Waals surface area contributed by atoms with Gasteiger partial charge in [-0.15, -0.1) is 11.3 Å². The van der Waals surface area contributed by atoms with Gasteiger partial charge in [-0.2, -0.15) is 0 Å². The number of amides is 1. The molecule has 134 valence electrons. The van der Waals surface area contributed by atoms with E-state index in [2.05, 4.69) is 27.1 Å². The summed E-state index contributed by atoms with van der Waals surface area (Å²) in [5, 5.41) is 8.66. The minimum Gasteiger partial charge on any atom is -0.378 e. The lowest BCUT2D eigenvalue weighted by atomic mass is 10.1. The molecule has 0 aliphatic carbocycles. The Hall–Kier alpha value is -1.60. The van der Waals surface area contributed by atoms with Gasteiger partial charge in [-0.25, -0.2) is 4.99 Å². The lowest BCUT2D eigenvalue weighted by molar-refractivity contribution is -0.127. The van der Waals surface area contributed by atoms with Gasteiger partial charge in [0.1, 0.15) is 6.54 Å². The summed E-state index contributed by atoms with van der Waals surface area (Å²) in [4.78, 5) is 18.9. The lowest BCUT2D eigenvalue weighted by Crippen LogP contribution is -2.39. The summed E-state index contributed by atoms with van der Waals surface area (Å²) in [5.74, 6) is 0.664. The lowest BCUT2D eigenvalue weighted by Gasteiger charge is -2.23. The highest BCUT2D eigenvalue weighted by atomic mass is 32.1. The molecule has 0 spiro atoms. The van der Waals surface area contributed by atoms with Crippen LogP contribution >= 0.6 is 11.3 Å². The minimum absolute atomic E-state index is 0.0113. The van der Waals surface area contributed by atoms with Crippen LogP contribution in [0.25, 0.3) is 0 Å². The third-order valence-corrected chi connectivity index (χ3v) is 4.79. The van der Waals surface area contributed by atoms with Crippen LogP contribution in [0.1, 0.15) is 30.6 Å². The number of hydrogen-bond acceptors (Lipinski definition) is 4. The van der Waals surface area contributed by atoms with E-state index in [1.807, 2.05) is 6.07 Å².